The molecule has 0 unspecified atom stereocenters. The summed E-state index contributed by atoms with van der Waals surface area (Å²) in [5.41, 5.74) is -0.252. The van der Waals surface area contributed by atoms with Crippen LogP contribution < -0.4 is 9.47 Å². The summed E-state index contributed by atoms with van der Waals surface area (Å²) in [5, 5.41) is 18.7. The predicted octanol–water partition coefficient (Wildman–Crippen LogP) is 7.43. The molecule has 2 N–H and O–H groups in total. The number of carbonyl (C=O) groups excluding carboxylic acids is 2. The first-order valence-corrected chi connectivity index (χ1v) is 15.6. The largest absolute Gasteiger partial charge is 0.496 e. The second-order valence-corrected chi connectivity index (χ2v) is 12.8. The molecule has 0 saturated heterocycles. The van der Waals surface area contributed by atoms with E-state index in [1.165, 1.54) is 46.3 Å². The van der Waals surface area contributed by atoms with Crippen molar-refractivity contribution in [2.24, 2.45) is 5.41 Å². The van der Waals surface area contributed by atoms with Crippen LogP contribution in [0.2, 0.25) is 0 Å². The molecule has 0 aliphatic heterocycles. The Morgan fingerprint density at radius 1 is 0.826 bits per heavy atom. The number of thiophene rings is 1. The standard InChI is InChI=1S/C34H35F2NO8S/c1-34(2,33(42)43)17-25(39)29-14-21-28(46-29)16-27(45-4)20(32(21)36)9-7-5-6-8-19-26(44-3)15-23-18(31(19)35)10-11-22(37-23)24(38)12-13-30(40)41/h10-11,14-16H,5-9,12-13,17H2,1-4H3,(H,40,41)(H,42,43). The maximum atomic E-state index is 15.7. The van der Waals surface area contributed by atoms with Crippen LogP contribution in [-0.2, 0) is 22.4 Å². The van der Waals surface area contributed by atoms with Gasteiger partial charge in [0, 0.05) is 45.5 Å². The molecule has 46 heavy (non-hydrogen) atoms. The average molecular weight is 656 g/mol. The molecule has 4 rings (SSSR count). The molecule has 12 heteroatoms. The number of hydrogen-bond acceptors (Lipinski definition) is 8. The van der Waals surface area contributed by atoms with Crippen molar-refractivity contribution in [2.45, 2.75) is 65.2 Å². The van der Waals surface area contributed by atoms with Gasteiger partial charge in [0.05, 0.1) is 36.4 Å². The van der Waals surface area contributed by atoms with Crippen molar-refractivity contribution in [3.05, 3.63) is 63.7 Å². The highest BCUT2D eigenvalue weighted by molar-refractivity contribution is 7.20. The molecule has 9 nitrogen and oxygen atoms in total. The number of fused-ring (bicyclic) bond motifs is 2. The van der Waals surface area contributed by atoms with Crippen LogP contribution in [0, 0.1) is 17.0 Å². The van der Waals surface area contributed by atoms with Gasteiger partial charge in [-0.25, -0.2) is 13.8 Å². The number of pyridine rings is 1. The van der Waals surface area contributed by atoms with E-state index >= 15 is 8.78 Å². The number of Topliss-reactive ketones (excluding diaryl/α,β-unsaturated/α-hetero) is 2. The Hall–Kier alpha value is -4.45. The van der Waals surface area contributed by atoms with Gasteiger partial charge in [0.2, 0.25) is 0 Å². The first kappa shape index (κ1) is 34.4. The summed E-state index contributed by atoms with van der Waals surface area (Å²) in [4.78, 5) is 51.9. The molecule has 0 atom stereocenters. The van der Waals surface area contributed by atoms with Crippen LogP contribution in [0.4, 0.5) is 8.78 Å². The molecule has 0 amide bonds. The van der Waals surface area contributed by atoms with Crippen LogP contribution in [0.1, 0.15) is 83.7 Å². The van der Waals surface area contributed by atoms with Gasteiger partial charge >= 0.3 is 11.9 Å². The molecule has 2 aromatic carbocycles. The minimum absolute atomic E-state index is 0.0520. The fraction of sp³-hybridized carbons (Fsp3) is 0.382. The lowest BCUT2D eigenvalue weighted by atomic mass is 9.87. The van der Waals surface area contributed by atoms with E-state index in [1.807, 2.05) is 0 Å². The SMILES string of the molecule is COc1cc2nc(C(=O)CCC(=O)O)ccc2c(F)c1CCCCCc1c(OC)cc2sc(C(=O)CC(C)(C)C(=O)O)cc2c1F. The van der Waals surface area contributed by atoms with Crippen molar-refractivity contribution in [2.75, 3.05) is 14.2 Å². The topological polar surface area (TPSA) is 140 Å². The van der Waals surface area contributed by atoms with Gasteiger partial charge in [0.25, 0.3) is 0 Å². The highest BCUT2D eigenvalue weighted by atomic mass is 32.1. The smallest absolute Gasteiger partial charge is 0.309 e. The van der Waals surface area contributed by atoms with Crippen molar-refractivity contribution in [3.63, 3.8) is 0 Å². The highest BCUT2D eigenvalue weighted by Crippen LogP contribution is 2.38. The number of halogens is 2. The van der Waals surface area contributed by atoms with Crippen molar-refractivity contribution in [1.29, 1.82) is 0 Å². The third-order valence-corrected chi connectivity index (χ3v) is 9.04. The molecule has 0 aliphatic rings. The number of carboxylic acids is 2. The number of aliphatic carboxylic acids is 2. The van der Waals surface area contributed by atoms with E-state index in [-0.39, 0.29) is 57.7 Å². The van der Waals surface area contributed by atoms with Gasteiger partial charge in [0.15, 0.2) is 11.6 Å². The van der Waals surface area contributed by atoms with Gasteiger partial charge < -0.3 is 19.7 Å². The van der Waals surface area contributed by atoms with E-state index < -0.39 is 34.8 Å². The van der Waals surface area contributed by atoms with Gasteiger partial charge in [-0.15, -0.1) is 11.3 Å². The fourth-order valence-electron chi connectivity index (χ4n) is 5.23. The number of ketones is 2. The summed E-state index contributed by atoms with van der Waals surface area (Å²) in [6.45, 7) is 2.94. The third-order valence-electron chi connectivity index (χ3n) is 7.91. The first-order chi connectivity index (χ1) is 21.8. The van der Waals surface area contributed by atoms with Gasteiger partial charge in [-0.05, 0) is 63.8 Å². The number of benzene rings is 2. The molecule has 2 heterocycles. The Morgan fingerprint density at radius 2 is 1.43 bits per heavy atom. The van der Waals surface area contributed by atoms with E-state index in [4.69, 9.17) is 14.6 Å². The van der Waals surface area contributed by atoms with E-state index in [0.717, 1.165) is 11.3 Å². The molecular weight excluding hydrogens is 620 g/mol. The maximum Gasteiger partial charge on any atom is 0.309 e. The molecule has 4 aromatic rings. The second-order valence-electron chi connectivity index (χ2n) is 11.7. The summed E-state index contributed by atoms with van der Waals surface area (Å²) in [6.07, 6.45) is 1.71. The Balaban J connectivity index is 1.44. The zero-order valence-electron chi connectivity index (χ0n) is 26.0. The van der Waals surface area contributed by atoms with Gasteiger partial charge in [0.1, 0.15) is 28.8 Å². The number of methoxy groups -OCH3 is 2. The monoisotopic (exact) mass is 655 g/mol. The van der Waals surface area contributed by atoms with Crippen LogP contribution in [0.5, 0.6) is 11.5 Å². The number of carboxylic acid groups (broad SMARTS) is 2. The highest BCUT2D eigenvalue weighted by Gasteiger charge is 2.31. The molecule has 0 spiro atoms. The number of hydrogen-bond donors (Lipinski definition) is 2. The first-order valence-electron chi connectivity index (χ1n) is 14.7. The molecule has 0 radical (unpaired) electrons. The van der Waals surface area contributed by atoms with Crippen LogP contribution in [0.25, 0.3) is 21.0 Å². The molecular formula is C34H35F2NO8S. The number of ether oxygens (including phenoxy) is 2. The summed E-state index contributed by atoms with van der Waals surface area (Å²) in [5.74, 6) is -3.38. The predicted molar refractivity (Wildman–Crippen MR) is 169 cm³/mol. The van der Waals surface area contributed by atoms with E-state index in [9.17, 15) is 24.3 Å². The average Bonchev–Trinajstić information content (AvgIpc) is 3.45. The molecule has 244 valence electrons. The normalized spacial score (nSPS) is 11.6. The quantitative estimate of drug-likeness (QED) is 0.0931. The second kappa shape index (κ2) is 14.3. The zero-order valence-corrected chi connectivity index (χ0v) is 26.8. The minimum Gasteiger partial charge on any atom is -0.496 e. The third kappa shape index (κ3) is 7.50. The van der Waals surface area contributed by atoms with E-state index in [2.05, 4.69) is 4.98 Å². The molecule has 2 aromatic heterocycles. The lowest BCUT2D eigenvalue weighted by Gasteiger charge is -2.16. The van der Waals surface area contributed by atoms with E-state index in [0.29, 0.717) is 53.7 Å². The van der Waals surface area contributed by atoms with Crippen molar-refractivity contribution in [3.8, 4) is 11.5 Å². The lowest BCUT2D eigenvalue weighted by molar-refractivity contribution is -0.146. The summed E-state index contributed by atoms with van der Waals surface area (Å²) in [7, 11) is 2.85. The Bertz CT molecular complexity index is 1830. The molecule has 0 saturated carbocycles. The summed E-state index contributed by atoms with van der Waals surface area (Å²) >= 11 is 1.10. The number of nitrogens with zero attached hydrogens (tertiary/aromatic N) is 1. The summed E-state index contributed by atoms with van der Waals surface area (Å²) < 4.78 is 42.7. The van der Waals surface area contributed by atoms with Gasteiger partial charge in [-0.1, -0.05) is 6.42 Å². The number of carbonyl (C=O) groups is 4. The number of rotatable bonds is 16. The molecule has 0 bridgehead atoms. The van der Waals surface area contributed by atoms with Crippen molar-refractivity contribution < 1.29 is 47.6 Å². The fourth-order valence-corrected chi connectivity index (χ4v) is 6.25. The Kier molecular flexibility index (Phi) is 10.7. The van der Waals surface area contributed by atoms with Crippen molar-refractivity contribution >= 4 is 55.8 Å². The Morgan fingerprint density at radius 3 is 2.02 bits per heavy atom. The lowest BCUT2D eigenvalue weighted by Crippen LogP contribution is -2.26. The van der Waals surface area contributed by atoms with Crippen molar-refractivity contribution in [1.82, 2.24) is 4.98 Å². The maximum absolute atomic E-state index is 15.7. The van der Waals surface area contributed by atoms with Gasteiger partial charge in [-0.3, -0.25) is 19.2 Å². The zero-order chi connectivity index (χ0) is 33.8. The molecule has 0 fully saturated rings. The number of aromatic nitrogens is 1. The minimum atomic E-state index is -1.25. The van der Waals surface area contributed by atoms with Crippen LogP contribution >= 0.6 is 11.3 Å². The Labute approximate surface area is 268 Å². The number of unbranched alkanes of at least 4 members (excludes halogenated alkanes) is 2. The van der Waals surface area contributed by atoms with Crippen LogP contribution in [-0.4, -0.2) is 52.9 Å². The summed E-state index contributed by atoms with van der Waals surface area (Å²) in [6, 6.07) is 7.55. The molecule has 0 aliphatic carbocycles. The van der Waals surface area contributed by atoms with E-state index in [1.54, 1.807) is 12.1 Å². The van der Waals surface area contributed by atoms with Crippen LogP contribution in [0.15, 0.2) is 30.3 Å². The van der Waals surface area contributed by atoms with Gasteiger partial charge in [-0.2, -0.15) is 0 Å². The van der Waals surface area contributed by atoms with Crippen LogP contribution in [0.3, 0.4) is 0 Å².